The maximum Gasteiger partial charge on any atom is 0.146 e. The molecular weight excluding hydrogens is 291 g/mol. The van der Waals surface area contributed by atoms with Crippen LogP contribution in [-0.2, 0) is 6.54 Å². The molecule has 0 spiro atoms. The van der Waals surface area contributed by atoms with Crippen molar-refractivity contribution in [3.63, 3.8) is 0 Å². The number of hydrogen-bond donors (Lipinski definition) is 1. The molecule has 108 valence electrons. The standard InChI is InChI=1S/C14H7F5N2/c15-7-1-11(16)10(12(17)2-7)6-21-8-3-13(18)9(5-20)14(19)4-8/h1-4,21H,6H2. The number of halogens is 5. The van der Waals surface area contributed by atoms with E-state index in [0.717, 1.165) is 12.1 Å². The van der Waals surface area contributed by atoms with Crippen LogP contribution < -0.4 is 5.32 Å². The average molecular weight is 298 g/mol. The van der Waals surface area contributed by atoms with Gasteiger partial charge in [0.2, 0.25) is 0 Å². The van der Waals surface area contributed by atoms with E-state index in [0.29, 0.717) is 12.1 Å². The molecule has 0 heterocycles. The van der Waals surface area contributed by atoms with Crippen LogP contribution in [0.5, 0.6) is 0 Å². The highest BCUT2D eigenvalue weighted by Gasteiger charge is 2.13. The van der Waals surface area contributed by atoms with Gasteiger partial charge in [-0.2, -0.15) is 5.26 Å². The molecule has 0 unspecified atom stereocenters. The van der Waals surface area contributed by atoms with Gasteiger partial charge in [-0.05, 0) is 12.1 Å². The number of nitriles is 1. The summed E-state index contributed by atoms with van der Waals surface area (Å²) < 4.78 is 66.2. The van der Waals surface area contributed by atoms with Crippen LogP contribution in [0.3, 0.4) is 0 Å². The highest BCUT2D eigenvalue weighted by molar-refractivity contribution is 5.49. The molecule has 7 heteroatoms. The molecule has 0 aromatic heterocycles. The van der Waals surface area contributed by atoms with E-state index in [2.05, 4.69) is 5.32 Å². The monoisotopic (exact) mass is 298 g/mol. The predicted molar refractivity (Wildman–Crippen MR) is 64.7 cm³/mol. The van der Waals surface area contributed by atoms with Crippen molar-refractivity contribution in [3.05, 3.63) is 64.5 Å². The number of anilines is 1. The van der Waals surface area contributed by atoms with Crippen LogP contribution in [0.1, 0.15) is 11.1 Å². The highest BCUT2D eigenvalue weighted by Crippen LogP contribution is 2.20. The van der Waals surface area contributed by atoms with Gasteiger partial charge in [-0.3, -0.25) is 0 Å². The number of nitrogens with zero attached hydrogens (tertiary/aromatic N) is 1. The van der Waals surface area contributed by atoms with Crippen molar-refractivity contribution in [3.8, 4) is 6.07 Å². The maximum absolute atomic E-state index is 13.4. The third kappa shape index (κ3) is 3.11. The van der Waals surface area contributed by atoms with Crippen LogP contribution >= 0.6 is 0 Å². The number of nitrogens with one attached hydrogen (secondary N) is 1. The van der Waals surface area contributed by atoms with Gasteiger partial charge < -0.3 is 5.32 Å². The van der Waals surface area contributed by atoms with Gasteiger partial charge in [0.1, 0.15) is 40.7 Å². The van der Waals surface area contributed by atoms with Crippen LogP contribution in [0.15, 0.2) is 24.3 Å². The zero-order chi connectivity index (χ0) is 15.6. The van der Waals surface area contributed by atoms with Gasteiger partial charge in [-0.15, -0.1) is 0 Å². The lowest BCUT2D eigenvalue weighted by Gasteiger charge is -2.09. The fraction of sp³-hybridized carbons (Fsp3) is 0.0714. The Labute approximate surface area is 116 Å². The van der Waals surface area contributed by atoms with Gasteiger partial charge in [0.15, 0.2) is 0 Å². The molecule has 0 aliphatic rings. The van der Waals surface area contributed by atoms with Crippen molar-refractivity contribution in [1.29, 1.82) is 5.26 Å². The molecule has 2 nitrogen and oxygen atoms in total. The van der Waals surface area contributed by atoms with E-state index in [-0.39, 0.29) is 5.69 Å². The topological polar surface area (TPSA) is 35.8 Å². The number of hydrogen-bond acceptors (Lipinski definition) is 2. The zero-order valence-electron chi connectivity index (χ0n) is 10.4. The molecule has 0 radical (unpaired) electrons. The van der Waals surface area contributed by atoms with Gasteiger partial charge in [-0.1, -0.05) is 0 Å². The second kappa shape index (κ2) is 5.79. The van der Waals surface area contributed by atoms with Crippen LogP contribution in [0.2, 0.25) is 0 Å². The summed E-state index contributed by atoms with van der Waals surface area (Å²) in [4.78, 5) is 0. The van der Waals surface area contributed by atoms with E-state index in [1.165, 1.54) is 6.07 Å². The van der Waals surface area contributed by atoms with Crippen LogP contribution in [0, 0.1) is 40.4 Å². The molecule has 0 aliphatic heterocycles. The second-order valence-electron chi connectivity index (χ2n) is 4.13. The third-order valence-corrected chi connectivity index (χ3v) is 2.73. The van der Waals surface area contributed by atoms with Crippen molar-refractivity contribution in [2.75, 3.05) is 5.32 Å². The lowest BCUT2D eigenvalue weighted by Crippen LogP contribution is -2.06. The fourth-order valence-electron chi connectivity index (χ4n) is 1.71. The van der Waals surface area contributed by atoms with Crippen molar-refractivity contribution in [1.82, 2.24) is 0 Å². The van der Waals surface area contributed by atoms with E-state index >= 15 is 0 Å². The summed E-state index contributed by atoms with van der Waals surface area (Å²) in [6.07, 6.45) is 0. The first-order valence-corrected chi connectivity index (χ1v) is 5.69. The SMILES string of the molecule is N#Cc1c(F)cc(NCc2c(F)cc(F)cc2F)cc1F. The Morgan fingerprint density at radius 1 is 0.857 bits per heavy atom. The minimum atomic E-state index is -1.12. The minimum Gasteiger partial charge on any atom is -0.381 e. The van der Waals surface area contributed by atoms with Crippen molar-refractivity contribution < 1.29 is 22.0 Å². The van der Waals surface area contributed by atoms with Gasteiger partial charge in [0, 0.05) is 29.9 Å². The summed E-state index contributed by atoms with van der Waals surface area (Å²) in [6.45, 7) is -0.442. The largest absolute Gasteiger partial charge is 0.381 e. The molecule has 0 amide bonds. The Balaban J connectivity index is 2.24. The molecule has 2 rings (SSSR count). The lowest BCUT2D eigenvalue weighted by molar-refractivity contribution is 0.526. The molecule has 0 aliphatic carbocycles. The first kappa shape index (κ1) is 14.8. The smallest absolute Gasteiger partial charge is 0.146 e. The van der Waals surface area contributed by atoms with Crippen molar-refractivity contribution in [2.24, 2.45) is 0 Å². The summed E-state index contributed by atoms with van der Waals surface area (Å²) in [7, 11) is 0. The normalized spacial score (nSPS) is 10.3. The highest BCUT2D eigenvalue weighted by atomic mass is 19.2. The first-order valence-electron chi connectivity index (χ1n) is 5.69. The zero-order valence-corrected chi connectivity index (χ0v) is 10.4. The first-order chi connectivity index (χ1) is 9.92. The third-order valence-electron chi connectivity index (χ3n) is 2.73. The Morgan fingerprint density at radius 3 is 1.86 bits per heavy atom. The average Bonchev–Trinajstić information content (AvgIpc) is 2.37. The maximum atomic E-state index is 13.4. The quantitative estimate of drug-likeness (QED) is 0.873. The van der Waals surface area contributed by atoms with Gasteiger partial charge in [0.25, 0.3) is 0 Å². The lowest BCUT2D eigenvalue weighted by atomic mass is 10.1. The summed E-state index contributed by atoms with van der Waals surface area (Å²) in [6, 6.07) is 3.99. The van der Waals surface area contributed by atoms with E-state index in [4.69, 9.17) is 5.26 Å². The van der Waals surface area contributed by atoms with Crippen molar-refractivity contribution >= 4 is 5.69 Å². The molecule has 0 bridgehead atoms. The molecule has 1 N–H and O–H groups in total. The molecule has 0 fully saturated rings. The van der Waals surface area contributed by atoms with E-state index in [9.17, 15) is 22.0 Å². The molecule has 0 saturated carbocycles. The molecule has 0 saturated heterocycles. The molecule has 21 heavy (non-hydrogen) atoms. The summed E-state index contributed by atoms with van der Waals surface area (Å²) in [5.74, 6) is -5.49. The van der Waals surface area contributed by atoms with Crippen LogP contribution in [0.25, 0.3) is 0 Å². The Kier molecular flexibility index (Phi) is 4.08. The Hall–Kier alpha value is -2.62. The Morgan fingerprint density at radius 2 is 1.38 bits per heavy atom. The van der Waals surface area contributed by atoms with Crippen LogP contribution in [0.4, 0.5) is 27.6 Å². The Bertz CT molecular complexity index is 691. The van der Waals surface area contributed by atoms with E-state index < -0.39 is 46.8 Å². The van der Waals surface area contributed by atoms with Crippen LogP contribution in [-0.4, -0.2) is 0 Å². The van der Waals surface area contributed by atoms with Gasteiger partial charge >= 0.3 is 0 Å². The van der Waals surface area contributed by atoms with Gasteiger partial charge in [0.05, 0.1) is 0 Å². The fourth-order valence-corrected chi connectivity index (χ4v) is 1.71. The number of benzene rings is 2. The van der Waals surface area contributed by atoms with E-state index in [1.54, 1.807) is 0 Å². The van der Waals surface area contributed by atoms with Crippen molar-refractivity contribution in [2.45, 2.75) is 6.54 Å². The molecule has 0 atom stereocenters. The van der Waals surface area contributed by atoms with E-state index in [1.807, 2.05) is 0 Å². The summed E-state index contributed by atoms with van der Waals surface area (Å²) >= 11 is 0. The summed E-state index contributed by atoms with van der Waals surface area (Å²) in [5, 5.41) is 10.9. The molecule has 2 aromatic carbocycles. The number of rotatable bonds is 3. The second-order valence-corrected chi connectivity index (χ2v) is 4.13. The minimum absolute atomic E-state index is 0.105. The summed E-state index contributed by atoms with van der Waals surface area (Å²) in [5.41, 5.74) is -1.33. The van der Waals surface area contributed by atoms with Gasteiger partial charge in [-0.25, -0.2) is 22.0 Å². The molecule has 2 aromatic rings. The predicted octanol–water partition coefficient (Wildman–Crippen LogP) is 3.87. The molecular formula is C14H7F5N2.